The highest BCUT2D eigenvalue weighted by Gasteiger charge is 2.26. The molecule has 2 heterocycles. The van der Waals surface area contributed by atoms with Gasteiger partial charge in [-0.2, -0.15) is 10.1 Å². The van der Waals surface area contributed by atoms with Crippen molar-refractivity contribution in [1.82, 2.24) is 14.8 Å². The molecule has 0 saturated heterocycles. The zero-order valence-corrected chi connectivity index (χ0v) is 16.7. The van der Waals surface area contributed by atoms with E-state index in [4.69, 9.17) is 18.9 Å². The smallest absolute Gasteiger partial charge is 0.226 e. The summed E-state index contributed by atoms with van der Waals surface area (Å²) in [6.45, 7) is 0. The Morgan fingerprint density at radius 2 is 1.59 bits per heavy atom. The third kappa shape index (κ3) is 3.33. The molecule has 2 aromatic carbocycles. The fourth-order valence-electron chi connectivity index (χ4n) is 3.38. The standard InChI is InChI=1S/C21H22N4O4/c1-26-15-7-5-13(6-8-15)16-11-17(25-21(24-16)22-12-23-25)14-9-18(27-2)20(29-4)19(10-14)28-3/h5-12,17H,1-4H3,(H,22,23,24). The summed E-state index contributed by atoms with van der Waals surface area (Å²) in [5.74, 6) is 3.17. The molecule has 1 atom stereocenters. The number of hydrogen-bond donors (Lipinski definition) is 1. The number of anilines is 1. The van der Waals surface area contributed by atoms with Crippen molar-refractivity contribution in [1.29, 1.82) is 0 Å². The van der Waals surface area contributed by atoms with Gasteiger partial charge in [0.1, 0.15) is 18.1 Å². The number of nitrogens with one attached hydrogen (secondary N) is 1. The predicted octanol–water partition coefficient (Wildman–Crippen LogP) is 3.37. The summed E-state index contributed by atoms with van der Waals surface area (Å²) in [6, 6.07) is 11.5. The zero-order valence-electron chi connectivity index (χ0n) is 16.7. The van der Waals surface area contributed by atoms with Gasteiger partial charge in [-0.3, -0.25) is 0 Å². The van der Waals surface area contributed by atoms with E-state index in [0.717, 1.165) is 22.6 Å². The molecule has 1 aliphatic heterocycles. The van der Waals surface area contributed by atoms with Crippen molar-refractivity contribution in [2.24, 2.45) is 0 Å². The monoisotopic (exact) mass is 394 g/mol. The lowest BCUT2D eigenvalue weighted by molar-refractivity contribution is 0.323. The van der Waals surface area contributed by atoms with Crippen LogP contribution >= 0.6 is 0 Å². The van der Waals surface area contributed by atoms with Crippen molar-refractivity contribution in [3.8, 4) is 23.0 Å². The number of hydrogen-bond acceptors (Lipinski definition) is 7. The van der Waals surface area contributed by atoms with Crippen LogP contribution in [-0.2, 0) is 0 Å². The molecule has 1 N–H and O–H groups in total. The molecule has 0 radical (unpaired) electrons. The molecule has 1 unspecified atom stereocenters. The van der Waals surface area contributed by atoms with Gasteiger partial charge in [0.05, 0.1) is 28.4 Å². The number of fused-ring (bicyclic) bond motifs is 1. The van der Waals surface area contributed by atoms with Gasteiger partial charge in [0.25, 0.3) is 0 Å². The first-order valence-electron chi connectivity index (χ1n) is 9.01. The molecule has 1 aromatic heterocycles. The van der Waals surface area contributed by atoms with Crippen LogP contribution in [0.15, 0.2) is 48.8 Å². The summed E-state index contributed by atoms with van der Waals surface area (Å²) in [5, 5.41) is 7.72. The third-order valence-corrected chi connectivity index (χ3v) is 4.84. The fourth-order valence-corrected chi connectivity index (χ4v) is 3.38. The predicted molar refractivity (Wildman–Crippen MR) is 109 cm³/mol. The first-order chi connectivity index (χ1) is 14.2. The van der Waals surface area contributed by atoms with Crippen molar-refractivity contribution >= 4 is 11.6 Å². The number of benzene rings is 2. The molecule has 150 valence electrons. The van der Waals surface area contributed by atoms with E-state index in [1.54, 1.807) is 28.4 Å². The van der Waals surface area contributed by atoms with Gasteiger partial charge in [0, 0.05) is 5.70 Å². The van der Waals surface area contributed by atoms with Gasteiger partial charge >= 0.3 is 0 Å². The second kappa shape index (κ2) is 7.75. The Morgan fingerprint density at radius 3 is 2.17 bits per heavy atom. The topological polar surface area (TPSA) is 79.7 Å². The van der Waals surface area contributed by atoms with Crippen LogP contribution in [0.5, 0.6) is 23.0 Å². The fraction of sp³-hybridized carbons (Fsp3) is 0.238. The largest absolute Gasteiger partial charge is 0.497 e. The first kappa shape index (κ1) is 18.7. The average molecular weight is 394 g/mol. The number of aromatic nitrogens is 3. The minimum absolute atomic E-state index is 0.209. The van der Waals surface area contributed by atoms with Crippen LogP contribution in [0.3, 0.4) is 0 Å². The SMILES string of the molecule is COc1ccc(C2=CC(c3cc(OC)c(OC)c(OC)c3)n3ncnc3N2)cc1. The van der Waals surface area contributed by atoms with Gasteiger partial charge in [-0.15, -0.1) is 0 Å². The molecule has 0 amide bonds. The van der Waals surface area contributed by atoms with E-state index in [9.17, 15) is 0 Å². The van der Waals surface area contributed by atoms with Crippen molar-refractivity contribution in [3.63, 3.8) is 0 Å². The molecule has 8 nitrogen and oxygen atoms in total. The van der Waals surface area contributed by atoms with Gasteiger partial charge < -0.3 is 24.3 Å². The Hall–Kier alpha value is -3.68. The highest BCUT2D eigenvalue weighted by Crippen LogP contribution is 2.42. The maximum atomic E-state index is 5.52. The molecule has 4 rings (SSSR count). The van der Waals surface area contributed by atoms with Gasteiger partial charge in [0.2, 0.25) is 11.7 Å². The molecule has 8 heteroatoms. The van der Waals surface area contributed by atoms with Gasteiger partial charge in [-0.1, -0.05) is 0 Å². The molecular formula is C21H22N4O4. The van der Waals surface area contributed by atoms with Gasteiger partial charge in [0.15, 0.2) is 11.5 Å². The molecule has 0 saturated carbocycles. The van der Waals surface area contributed by atoms with E-state index >= 15 is 0 Å². The van der Waals surface area contributed by atoms with Crippen LogP contribution in [0.4, 0.5) is 5.95 Å². The van der Waals surface area contributed by atoms with Crippen LogP contribution in [0.25, 0.3) is 5.70 Å². The zero-order chi connectivity index (χ0) is 20.4. The Bertz CT molecular complexity index is 1020. The number of ether oxygens (including phenoxy) is 4. The quantitative estimate of drug-likeness (QED) is 0.687. The van der Waals surface area contributed by atoms with Crippen LogP contribution in [0.2, 0.25) is 0 Å². The highest BCUT2D eigenvalue weighted by atomic mass is 16.5. The van der Waals surface area contributed by atoms with Crippen LogP contribution < -0.4 is 24.3 Å². The lowest BCUT2D eigenvalue weighted by Gasteiger charge is -2.25. The second-order valence-electron chi connectivity index (χ2n) is 6.37. The summed E-state index contributed by atoms with van der Waals surface area (Å²) in [4.78, 5) is 4.35. The summed E-state index contributed by atoms with van der Waals surface area (Å²) >= 11 is 0. The summed E-state index contributed by atoms with van der Waals surface area (Å²) in [7, 11) is 6.43. The molecule has 1 aliphatic rings. The maximum absolute atomic E-state index is 5.52. The number of rotatable bonds is 6. The van der Waals surface area contributed by atoms with Crippen LogP contribution in [0, 0.1) is 0 Å². The first-order valence-corrected chi connectivity index (χ1v) is 9.01. The Morgan fingerprint density at radius 1 is 0.897 bits per heavy atom. The summed E-state index contributed by atoms with van der Waals surface area (Å²) in [5.41, 5.74) is 2.86. The van der Waals surface area contributed by atoms with Crippen molar-refractivity contribution in [3.05, 3.63) is 59.9 Å². The van der Waals surface area contributed by atoms with Gasteiger partial charge in [-0.25, -0.2) is 4.68 Å². The van der Waals surface area contributed by atoms with Gasteiger partial charge in [-0.05, 0) is 53.6 Å². The molecule has 29 heavy (non-hydrogen) atoms. The van der Waals surface area contributed by atoms with Crippen LogP contribution in [0.1, 0.15) is 17.2 Å². The molecule has 3 aromatic rings. The van der Waals surface area contributed by atoms with Crippen molar-refractivity contribution in [2.45, 2.75) is 6.04 Å². The normalized spacial score (nSPS) is 15.0. The number of methoxy groups -OCH3 is 4. The van der Waals surface area contributed by atoms with E-state index in [0.29, 0.717) is 23.2 Å². The maximum Gasteiger partial charge on any atom is 0.226 e. The Kier molecular flexibility index (Phi) is 4.99. The lowest BCUT2D eigenvalue weighted by Crippen LogP contribution is -2.20. The number of allylic oxidation sites excluding steroid dienone is 1. The van der Waals surface area contributed by atoms with Crippen molar-refractivity contribution < 1.29 is 18.9 Å². The summed E-state index contributed by atoms with van der Waals surface area (Å²) < 4.78 is 23.5. The van der Waals surface area contributed by atoms with Crippen LogP contribution in [-0.4, -0.2) is 43.2 Å². The van der Waals surface area contributed by atoms with Crippen molar-refractivity contribution in [2.75, 3.05) is 33.8 Å². The third-order valence-electron chi connectivity index (χ3n) is 4.84. The molecule has 0 bridgehead atoms. The molecule has 0 aliphatic carbocycles. The second-order valence-corrected chi connectivity index (χ2v) is 6.37. The minimum Gasteiger partial charge on any atom is -0.497 e. The Labute approximate surface area is 168 Å². The number of nitrogens with zero attached hydrogens (tertiary/aromatic N) is 3. The average Bonchev–Trinajstić information content (AvgIpc) is 3.26. The summed E-state index contributed by atoms with van der Waals surface area (Å²) in [6.07, 6.45) is 3.61. The Balaban J connectivity index is 1.82. The molecule has 0 spiro atoms. The van der Waals surface area contributed by atoms with E-state index in [1.807, 2.05) is 41.1 Å². The molecular weight excluding hydrogens is 372 g/mol. The van der Waals surface area contributed by atoms with E-state index < -0.39 is 0 Å². The molecule has 0 fully saturated rings. The minimum atomic E-state index is -0.209. The lowest BCUT2D eigenvalue weighted by atomic mass is 10.0. The highest BCUT2D eigenvalue weighted by molar-refractivity contribution is 5.77. The van der Waals surface area contributed by atoms with E-state index in [1.165, 1.54) is 6.33 Å². The van der Waals surface area contributed by atoms with E-state index in [2.05, 4.69) is 21.5 Å². The van der Waals surface area contributed by atoms with E-state index in [-0.39, 0.29) is 6.04 Å².